The van der Waals surface area contributed by atoms with Crippen LogP contribution in [0.1, 0.15) is 18.1 Å². The number of phenolic OH excluding ortho intramolecular Hbond substituents is 1. The zero-order valence-corrected chi connectivity index (χ0v) is 11.7. The molecule has 0 spiro atoms. The molecule has 21 heavy (non-hydrogen) atoms. The van der Waals surface area contributed by atoms with E-state index < -0.39 is 11.6 Å². The molecule has 0 atom stereocenters. The third kappa shape index (κ3) is 3.92. The van der Waals surface area contributed by atoms with E-state index in [9.17, 15) is 13.9 Å². The third-order valence-electron chi connectivity index (χ3n) is 3.01. The highest BCUT2D eigenvalue weighted by Crippen LogP contribution is 2.29. The van der Waals surface area contributed by atoms with Crippen LogP contribution in [0.15, 0.2) is 36.4 Å². The number of hydrogen-bond donors (Lipinski definition) is 2. The molecule has 2 aromatic rings. The molecule has 0 aliphatic heterocycles. The molecule has 0 aliphatic carbocycles. The zero-order valence-electron chi connectivity index (χ0n) is 11.7. The van der Waals surface area contributed by atoms with Crippen LogP contribution in [-0.4, -0.2) is 11.7 Å². The van der Waals surface area contributed by atoms with Gasteiger partial charge in [0.1, 0.15) is 0 Å². The number of nitrogens with one attached hydrogen (secondary N) is 1. The molecule has 112 valence electrons. The van der Waals surface area contributed by atoms with Gasteiger partial charge >= 0.3 is 0 Å². The van der Waals surface area contributed by atoms with Crippen molar-refractivity contribution in [1.29, 1.82) is 0 Å². The standard InChI is InChI=1S/C16H17F2NO2/c1-2-21-15-5-3-4-12(16(15)20)10-19-9-11-6-7-13(17)14(18)8-11/h3-8,19-20H,2,9-10H2,1H3. The van der Waals surface area contributed by atoms with E-state index in [2.05, 4.69) is 5.32 Å². The van der Waals surface area contributed by atoms with E-state index in [0.29, 0.717) is 36.6 Å². The molecule has 3 nitrogen and oxygen atoms in total. The van der Waals surface area contributed by atoms with E-state index in [4.69, 9.17) is 4.74 Å². The number of hydrogen-bond acceptors (Lipinski definition) is 3. The fraction of sp³-hybridized carbons (Fsp3) is 0.250. The van der Waals surface area contributed by atoms with Crippen molar-refractivity contribution in [3.63, 3.8) is 0 Å². The highest BCUT2D eigenvalue weighted by Gasteiger charge is 2.08. The van der Waals surface area contributed by atoms with Crippen LogP contribution in [0.3, 0.4) is 0 Å². The van der Waals surface area contributed by atoms with Gasteiger partial charge in [-0.3, -0.25) is 0 Å². The maximum Gasteiger partial charge on any atom is 0.162 e. The van der Waals surface area contributed by atoms with E-state index in [1.807, 2.05) is 6.92 Å². The highest BCUT2D eigenvalue weighted by molar-refractivity contribution is 5.45. The minimum Gasteiger partial charge on any atom is -0.504 e. The smallest absolute Gasteiger partial charge is 0.162 e. The summed E-state index contributed by atoms with van der Waals surface area (Å²) in [6.07, 6.45) is 0. The van der Waals surface area contributed by atoms with Gasteiger partial charge in [0.2, 0.25) is 0 Å². The van der Waals surface area contributed by atoms with Crippen LogP contribution in [0.2, 0.25) is 0 Å². The van der Waals surface area contributed by atoms with E-state index >= 15 is 0 Å². The summed E-state index contributed by atoms with van der Waals surface area (Å²) in [6, 6.07) is 9.02. The van der Waals surface area contributed by atoms with E-state index in [0.717, 1.165) is 12.1 Å². The first-order valence-electron chi connectivity index (χ1n) is 6.70. The summed E-state index contributed by atoms with van der Waals surface area (Å²) in [5, 5.41) is 13.1. The fourth-order valence-corrected chi connectivity index (χ4v) is 1.97. The Morgan fingerprint density at radius 3 is 2.62 bits per heavy atom. The maximum absolute atomic E-state index is 13.1. The molecule has 0 heterocycles. The minimum atomic E-state index is -0.865. The molecular weight excluding hydrogens is 276 g/mol. The van der Waals surface area contributed by atoms with Gasteiger partial charge in [-0.05, 0) is 30.7 Å². The summed E-state index contributed by atoms with van der Waals surface area (Å²) >= 11 is 0. The molecule has 0 radical (unpaired) electrons. The molecule has 2 rings (SSSR count). The lowest BCUT2D eigenvalue weighted by Gasteiger charge is -2.11. The predicted molar refractivity (Wildman–Crippen MR) is 76.2 cm³/mol. The van der Waals surface area contributed by atoms with E-state index in [1.165, 1.54) is 6.07 Å². The first kappa shape index (κ1) is 15.3. The molecule has 5 heteroatoms. The van der Waals surface area contributed by atoms with Crippen molar-refractivity contribution in [2.75, 3.05) is 6.61 Å². The lowest BCUT2D eigenvalue weighted by atomic mass is 10.1. The van der Waals surface area contributed by atoms with E-state index in [-0.39, 0.29) is 5.75 Å². The van der Waals surface area contributed by atoms with Gasteiger partial charge in [-0.2, -0.15) is 0 Å². The third-order valence-corrected chi connectivity index (χ3v) is 3.01. The van der Waals surface area contributed by atoms with Gasteiger partial charge in [-0.1, -0.05) is 18.2 Å². The summed E-state index contributed by atoms with van der Waals surface area (Å²) in [7, 11) is 0. The average molecular weight is 293 g/mol. The summed E-state index contributed by atoms with van der Waals surface area (Å²) < 4.78 is 31.2. The molecule has 2 N–H and O–H groups in total. The maximum atomic E-state index is 13.1. The van der Waals surface area contributed by atoms with Crippen LogP contribution in [-0.2, 0) is 13.1 Å². The Balaban J connectivity index is 1.97. The minimum absolute atomic E-state index is 0.0946. The number of phenols is 1. The number of benzene rings is 2. The molecule has 0 bridgehead atoms. The average Bonchev–Trinajstić information content (AvgIpc) is 2.47. The van der Waals surface area contributed by atoms with Crippen LogP contribution in [0.25, 0.3) is 0 Å². The first-order chi connectivity index (χ1) is 10.1. The molecule has 0 unspecified atom stereocenters. The van der Waals surface area contributed by atoms with Crippen molar-refractivity contribution in [1.82, 2.24) is 5.32 Å². The number of ether oxygens (including phenoxy) is 1. The van der Waals surface area contributed by atoms with Crippen molar-refractivity contribution < 1.29 is 18.6 Å². The van der Waals surface area contributed by atoms with Crippen LogP contribution in [0.5, 0.6) is 11.5 Å². The van der Waals surface area contributed by atoms with Gasteiger partial charge in [-0.15, -0.1) is 0 Å². The van der Waals surface area contributed by atoms with Crippen LogP contribution in [0.4, 0.5) is 8.78 Å². The van der Waals surface area contributed by atoms with Gasteiger partial charge in [-0.25, -0.2) is 8.78 Å². The summed E-state index contributed by atoms with van der Waals surface area (Å²) in [5.41, 5.74) is 1.32. The molecule has 0 saturated carbocycles. The van der Waals surface area contributed by atoms with Crippen molar-refractivity contribution in [2.24, 2.45) is 0 Å². The fourth-order valence-electron chi connectivity index (χ4n) is 1.97. The van der Waals surface area contributed by atoms with Gasteiger partial charge in [0, 0.05) is 18.7 Å². The predicted octanol–water partition coefficient (Wildman–Crippen LogP) is 3.36. The van der Waals surface area contributed by atoms with Gasteiger partial charge in [0.05, 0.1) is 6.61 Å². The van der Waals surface area contributed by atoms with Crippen molar-refractivity contribution in [2.45, 2.75) is 20.0 Å². The molecule has 0 saturated heterocycles. The van der Waals surface area contributed by atoms with Crippen LogP contribution in [0, 0.1) is 11.6 Å². The Hall–Kier alpha value is -2.14. The zero-order chi connectivity index (χ0) is 15.2. The lowest BCUT2D eigenvalue weighted by Crippen LogP contribution is -2.13. The number of halogens is 2. The first-order valence-corrected chi connectivity index (χ1v) is 6.70. The number of aromatic hydroxyl groups is 1. The summed E-state index contributed by atoms with van der Waals surface area (Å²) in [6.45, 7) is 3.08. The lowest BCUT2D eigenvalue weighted by molar-refractivity contribution is 0.316. The van der Waals surface area contributed by atoms with Gasteiger partial charge < -0.3 is 15.2 Å². The van der Waals surface area contributed by atoms with Crippen LogP contribution >= 0.6 is 0 Å². The normalized spacial score (nSPS) is 10.6. The molecular formula is C16H17F2NO2. The van der Waals surface area contributed by atoms with Crippen molar-refractivity contribution >= 4 is 0 Å². The molecule has 0 amide bonds. The number of para-hydroxylation sites is 1. The molecule has 0 fully saturated rings. The molecule has 0 aliphatic rings. The molecule has 2 aromatic carbocycles. The Bertz CT molecular complexity index is 617. The topological polar surface area (TPSA) is 41.5 Å². The Labute approximate surface area is 122 Å². The van der Waals surface area contributed by atoms with Crippen molar-refractivity contribution in [3.8, 4) is 11.5 Å². The van der Waals surface area contributed by atoms with Crippen LogP contribution < -0.4 is 10.1 Å². The summed E-state index contributed by atoms with van der Waals surface area (Å²) in [5.74, 6) is -1.20. The van der Waals surface area contributed by atoms with Gasteiger partial charge in [0.15, 0.2) is 23.1 Å². The molecule has 0 aromatic heterocycles. The second-order valence-electron chi connectivity index (χ2n) is 4.55. The Morgan fingerprint density at radius 2 is 1.90 bits per heavy atom. The summed E-state index contributed by atoms with van der Waals surface area (Å²) in [4.78, 5) is 0. The Morgan fingerprint density at radius 1 is 1.10 bits per heavy atom. The Kier molecular flexibility index (Phi) is 5.11. The second kappa shape index (κ2) is 7.04. The van der Waals surface area contributed by atoms with E-state index in [1.54, 1.807) is 18.2 Å². The van der Waals surface area contributed by atoms with Gasteiger partial charge in [0.25, 0.3) is 0 Å². The monoisotopic (exact) mass is 293 g/mol. The quantitative estimate of drug-likeness (QED) is 0.858. The number of rotatable bonds is 6. The van der Waals surface area contributed by atoms with Crippen molar-refractivity contribution in [3.05, 3.63) is 59.2 Å². The second-order valence-corrected chi connectivity index (χ2v) is 4.55. The highest BCUT2D eigenvalue weighted by atomic mass is 19.2. The SMILES string of the molecule is CCOc1cccc(CNCc2ccc(F)c(F)c2)c1O. The largest absolute Gasteiger partial charge is 0.504 e.